The van der Waals surface area contributed by atoms with Crippen LogP contribution < -0.4 is 0 Å². The Balaban J connectivity index is 0.000000147. The van der Waals surface area contributed by atoms with Gasteiger partial charge in [-0.1, -0.05) is 400 Å². The fourth-order valence-electron chi connectivity index (χ4n) is 17.2. The van der Waals surface area contributed by atoms with E-state index in [-0.39, 0.29) is 0 Å². The molecule has 118 heavy (non-hydrogen) atoms. The Morgan fingerprint density at radius 3 is 0.669 bits per heavy atom. The van der Waals surface area contributed by atoms with Crippen LogP contribution in [0.15, 0.2) is 449 Å². The van der Waals surface area contributed by atoms with Crippen LogP contribution in [0.3, 0.4) is 0 Å². The number of hydrogen-bond acceptors (Lipinski definition) is 4. The van der Waals surface area contributed by atoms with E-state index in [1.807, 2.05) is 0 Å². The van der Waals surface area contributed by atoms with Gasteiger partial charge in [0.25, 0.3) is 0 Å². The van der Waals surface area contributed by atoms with Gasteiger partial charge in [0.05, 0.1) is 44.7 Å². The lowest BCUT2D eigenvalue weighted by molar-refractivity contribution is 1.39. The van der Waals surface area contributed by atoms with E-state index in [9.17, 15) is 0 Å². The molecule has 0 aliphatic carbocycles. The molecule has 4 aromatic heterocycles. The van der Waals surface area contributed by atoms with Gasteiger partial charge >= 0.3 is 0 Å². The molecular formula is C114H74N4. The molecule has 0 saturated heterocycles. The monoisotopic (exact) mass is 1500 g/mol. The molecule has 550 valence electrons. The summed E-state index contributed by atoms with van der Waals surface area (Å²) in [5.74, 6) is 0. The molecule has 4 nitrogen and oxygen atoms in total. The van der Waals surface area contributed by atoms with Crippen molar-refractivity contribution in [3.05, 3.63) is 449 Å². The van der Waals surface area contributed by atoms with Crippen LogP contribution in [-0.4, -0.2) is 19.9 Å². The number of benzene rings is 18. The lowest BCUT2D eigenvalue weighted by atomic mass is 9.89. The molecular weight excluding hydrogens is 1430 g/mol. The lowest BCUT2D eigenvalue weighted by Gasteiger charge is -2.17. The molecule has 0 spiro atoms. The summed E-state index contributed by atoms with van der Waals surface area (Å²) < 4.78 is 0. The Hall–Kier alpha value is -15.6. The van der Waals surface area contributed by atoms with Crippen LogP contribution in [0.2, 0.25) is 0 Å². The van der Waals surface area contributed by atoms with Crippen molar-refractivity contribution >= 4 is 76.1 Å². The highest BCUT2D eigenvalue weighted by Gasteiger charge is 2.22. The van der Waals surface area contributed by atoms with Gasteiger partial charge in [0.15, 0.2) is 0 Å². The van der Waals surface area contributed by atoms with Gasteiger partial charge in [0, 0.05) is 60.0 Å². The highest BCUT2D eigenvalue weighted by Crippen LogP contribution is 2.46. The van der Waals surface area contributed by atoms with Crippen molar-refractivity contribution in [2.24, 2.45) is 0 Å². The highest BCUT2D eigenvalue weighted by atomic mass is 14.7. The summed E-state index contributed by atoms with van der Waals surface area (Å²) in [5, 5.41) is 10.3. The summed E-state index contributed by atoms with van der Waals surface area (Å²) in [6.45, 7) is 0. The van der Waals surface area contributed by atoms with Crippen molar-refractivity contribution in [3.63, 3.8) is 0 Å². The van der Waals surface area contributed by atoms with Crippen molar-refractivity contribution in [3.8, 4) is 145 Å². The number of aromatic nitrogens is 4. The maximum Gasteiger partial charge on any atom is 0.0794 e. The van der Waals surface area contributed by atoms with Crippen LogP contribution in [0.1, 0.15) is 0 Å². The molecule has 0 amide bonds. The van der Waals surface area contributed by atoms with E-state index in [0.717, 1.165) is 121 Å². The molecule has 0 unspecified atom stereocenters. The van der Waals surface area contributed by atoms with Gasteiger partial charge in [-0.3, -0.25) is 0 Å². The molecule has 0 aliphatic heterocycles. The summed E-state index contributed by atoms with van der Waals surface area (Å²) in [5.41, 5.74) is 34.6. The molecule has 22 rings (SSSR count). The van der Waals surface area contributed by atoms with Gasteiger partial charge in [-0.25, -0.2) is 19.9 Å². The fourth-order valence-corrected chi connectivity index (χ4v) is 17.2. The fraction of sp³-hybridized carbons (Fsp3) is 0. The van der Waals surface area contributed by atoms with Crippen molar-refractivity contribution in [1.29, 1.82) is 0 Å². The third-order valence-corrected chi connectivity index (χ3v) is 23.2. The Labute approximate surface area is 685 Å². The van der Waals surface area contributed by atoms with E-state index in [4.69, 9.17) is 19.9 Å². The van der Waals surface area contributed by atoms with Crippen LogP contribution in [0.4, 0.5) is 0 Å². The normalized spacial score (nSPS) is 11.4. The van der Waals surface area contributed by atoms with Crippen LogP contribution in [0.5, 0.6) is 0 Å². The number of para-hydroxylation sites is 3. The molecule has 0 saturated carbocycles. The smallest absolute Gasteiger partial charge is 0.0794 e. The molecule has 0 fully saturated rings. The first-order chi connectivity index (χ1) is 58.5. The predicted octanol–water partition coefficient (Wildman–Crippen LogP) is 30.7. The maximum atomic E-state index is 5.48. The van der Waals surface area contributed by atoms with Gasteiger partial charge < -0.3 is 0 Å². The third-order valence-electron chi connectivity index (χ3n) is 23.2. The Morgan fingerprint density at radius 2 is 0.331 bits per heavy atom. The predicted molar refractivity (Wildman–Crippen MR) is 497 cm³/mol. The summed E-state index contributed by atoms with van der Waals surface area (Å²) in [4.78, 5) is 21.1. The number of fused-ring (bicyclic) bond motifs is 9. The number of nitrogens with zero attached hydrogens (tertiary/aromatic N) is 4. The molecule has 4 heterocycles. The molecule has 0 radical (unpaired) electrons. The maximum absolute atomic E-state index is 5.48. The Morgan fingerprint density at radius 1 is 0.119 bits per heavy atom. The summed E-state index contributed by atoms with van der Waals surface area (Å²) in [6.07, 6.45) is 0. The molecule has 18 aromatic carbocycles. The zero-order chi connectivity index (χ0) is 78.2. The minimum absolute atomic E-state index is 0.940. The van der Waals surface area contributed by atoms with E-state index >= 15 is 0 Å². The summed E-state index contributed by atoms with van der Waals surface area (Å²) in [6, 6.07) is 161. The van der Waals surface area contributed by atoms with Crippen molar-refractivity contribution in [2.45, 2.75) is 0 Å². The average molecular weight is 1500 g/mol. The number of rotatable bonds is 13. The van der Waals surface area contributed by atoms with Gasteiger partial charge in [-0.15, -0.1) is 0 Å². The average Bonchev–Trinajstić information content (AvgIpc) is 0.393. The topological polar surface area (TPSA) is 51.6 Å². The first-order valence-corrected chi connectivity index (χ1v) is 40.3. The van der Waals surface area contributed by atoms with Crippen molar-refractivity contribution < 1.29 is 0 Å². The van der Waals surface area contributed by atoms with Gasteiger partial charge in [0.2, 0.25) is 0 Å². The van der Waals surface area contributed by atoms with Gasteiger partial charge in [-0.2, -0.15) is 0 Å². The van der Waals surface area contributed by atoms with E-state index < -0.39 is 0 Å². The Bertz CT molecular complexity index is 7430. The molecule has 22 aromatic rings. The second-order valence-corrected chi connectivity index (χ2v) is 30.2. The Kier molecular flexibility index (Phi) is 18.3. The first-order valence-electron chi connectivity index (χ1n) is 40.3. The van der Waals surface area contributed by atoms with Crippen LogP contribution in [0, 0.1) is 0 Å². The van der Waals surface area contributed by atoms with Gasteiger partial charge in [0.1, 0.15) is 0 Å². The number of pyridine rings is 4. The minimum Gasteiger partial charge on any atom is -0.248 e. The second-order valence-electron chi connectivity index (χ2n) is 30.2. The first kappa shape index (κ1) is 70.3. The summed E-state index contributed by atoms with van der Waals surface area (Å²) in [7, 11) is 0. The molecule has 4 heteroatoms. The van der Waals surface area contributed by atoms with E-state index in [1.54, 1.807) is 0 Å². The van der Waals surface area contributed by atoms with Crippen molar-refractivity contribution in [1.82, 2.24) is 19.9 Å². The van der Waals surface area contributed by atoms with Crippen LogP contribution in [0.25, 0.3) is 221 Å². The molecule has 0 bridgehead atoms. The molecule has 0 N–H and O–H groups in total. The van der Waals surface area contributed by atoms with E-state index in [2.05, 4.69) is 449 Å². The van der Waals surface area contributed by atoms with E-state index in [0.29, 0.717) is 0 Å². The third kappa shape index (κ3) is 13.5. The molecule has 0 atom stereocenters. The lowest BCUT2D eigenvalue weighted by Crippen LogP contribution is -1.94. The quantitative estimate of drug-likeness (QED) is 0.0853. The molecule has 0 aliphatic rings. The standard InChI is InChI=1S/C58H38N2.C56H36N2/c1-4-14-39(15-5-1)41-24-28-44(29-25-41)51-36-54-53(45-30-34-46(35-31-45)56-37-52(43-18-8-3-9-19-43)49-21-12-13-23-55(49)59-56)38-57(60-58(54)50-22-11-10-20-48(50)51)47-32-26-42(27-33-47)40-16-6-2-7-17-40;1-3-13-37(14-4-1)39-23-27-41(28-24-39)49-35-51-50(42-29-33-44(34-30-42)55-47-19-9-11-21-52(47)57-53-22-12-10-20-48(53)55)36-54(58-56(51)46-18-8-7-17-45(46)49)43-31-25-40(26-32-43)38-15-5-2-6-16-38/h1-38H;1-36H. The minimum atomic E-state index is 0.940. The van der Waals surface area contributed by atoms with E-state index in [1.165, 1.54) is 99.8 Å². The summed E-state index contributed by atoms with van der Waals surface area (Å²) >= 11 is 0. The van der Waals surface area contributed by atoms with Gasteiger partial charge in [-0.05, 0) is 165 Å². The van der Waals surface area contributed by atoms with Crippen molar-refractivity contribution in [2.75, 3.05) is 0 Å². The zero-order valence-corrected chi connectivity index (χ0v) is 64.5. The second kappa shape index (κ2) is 30.7. The largest absolute Gasteiger partial charge is 0.248 e. The van der Waals surface area contributed by atoms with Crippen LogP contribution >= 0.6 is 0 Å². The number of hydrogen-bond donors (Lipinski definition) is 0. The highest BCUT2D eigenvalue weighted by molar-refractivity contribution is 6.18. The zero-order valence-electron chi connectivity index (χ0n) is 64.5. The van der Waals surface area contributed by atoms with Crippen LogP contribution in [-0.2, 0) is 0 Å². The SMILES string of the molecule is c1ccc(-c2ccc(-c3cc(-c4ccc(-c5c6ccccc6nc6ccccc56)cc4)c4cc(-c5ccc(-c6ccccc6)cc5)c5ccccc5c4n3)cc2)cc1.c1ccc(-c2ccc(-c3cc(-c4ccc(-c5cc(-c6ccccc6)c6ccccc6n5)cc4)c4cc(-c5ccc(-c6ccccc6)cc5)c5ccccc5c4n3)cc2)cc1.